The number of nitrogens with zero attached hydrogens (tertiary/aromatic N) is 1. The van der Waals surface area contributed by atoms with Crippen LogP contribution in [0, 0.1) is 5.41 Å². The minimum Gasteiger partial charge on any atom is -0.315 e. The summed E-state index contributed by atoms with van der Waals surface area (Å²) in [6.07, 6.45) is 8.00. The monoisotopic (exact) mass is 254 g/mol. The molecule has 1 aliphatic heterocycles. The average Bonchev–Trinajstić information content (AvgIpc) is 2.83. The van der Waals surface area contributed by atoms with Gasteiger partial charge in [0.15, 0.2) is 0 Å². The molecule has 0 aliphatic carbocycles. The number of hydrogen-bond acceptors (Lipinski definition) is 2. The van der Waals surface area contributed by atoms with E-state index in [0.717, 1.165) is 6.04 Å². The molecular weight excluding hydrogens is 220 g/mol. The van der Waals surface area contributed by atoms with E-state index in [9.17, 15) is 0 Å². The highest BCUT2D eigenvalue weighted by Crippen LogP contribution is 2.38. The van der Waals surface area contributed by atoms with Crippen molar-refractivity contribution in [2.45, 2.75) is 72.3 Å². The first-order valence-electron chi connectivity index (χ1n) is 8.16. The lowest BCUT2D eigenvalue weighted by Gasteiger charge is -2.31. The number of rotatable bonds is 9. The fourth-order valence-electron chi connectivity index (χ4n) is 3.30. The van der Waals surface area contributed by atoms with Gasteiger partial charge >= 0.3 is 0 Å². The molecule has 0 amide bonds. The molecule has 18 heavy (non-hydrogen) atoms. The smallest absolute Gasteiger partial charge is 0.0220 e. The van der Waals surface area contributed by atoms with Crippen LogP contribution in [-0.2, 0) is 0 Å². The minimum atomic E-state index is 0.622. The Morgan fingerprint density at radius 3 is 2.33 bits per heavy atom. The van der Waals surface area contributed by atoms with Crippen LogP contribution in [-0.4, -0.2) is 37.1 Å². The van der Waals surface area contributed by atoms with Crippen molar-refractivity contribution in [3.63, 3.8) is 0 Å². The summed E-state index contributed by atoms with van der Waals surface area (Å²) in [5, 5.41) is 3.62. The highest BCUT2D eigenvalue weighted by atomic mass is 15.2. The minimum absolute atomic E-state index is 0.622. The van der Waals surface area contributed by atoms with Crippen molar-refractivity contribution < 1.29 is 0 Å². The Balaban J connectivity index is 2.48. The molecule has 1 saturated heterocycles. The summed E-state index contributed by atoms with van der Waals surface area (Å²) in [6, 6.07) is 0.765. The van der Waals surface area contributed by atoms with Crippen LogP contribution >= 0.6 is 0 Å². The molecule has 0 bridgehead atoms. The summed E-state index contributed by atoms with van der Waals surface area (Å²) >= 11 is 0. The van der Waals surface area contributed by atoms with Crippen molar-refractivity contribution in [3.8, 4) is 0 Å². The lowest BCUT2D eigenvalue weighted by Crippen LogP contribution is -2.42. The Hall–Kier alpha value is -0.0800. The standard InChI is InChI=1S/C16H34N2/c1-5-9-15(13-17-11-6-2)18-12-10-16(7-3,8-4)14-18/h15,17H,5-14H2,1-4H3. The molecule has 2 heteroatoms. The molecule has 2 nitrogen and oxygen atoms in total. The zero-order chi connectivity index (χ0) is 13.4. The third kappa shape index (κ3) is 4.24. The zero-order valence-corrected chi connectivity index (χ0v) is 13.1. The number of hydrogen-bond donors (Lipinski definition) is 1. The van der Waals surface area contributed by atoms with Gasteiger partial charge in [0.2, 0.25) is 0 Å². The van der Waals surface area contributed by atoms with Crippen molar-refractivity contribution in [2.24, 2.45) is 5.41 Å². The number of nitrogens with one attached hydrogen (secondary N) is 1. The number of likely N-dealkylation sites (tertiary alicyclic amines) is 1. The first-order valence-corrected chi connectivity index (χ1v) is 8.16. The third-order valence-corrected chi connectivity index (χ3v) is 4.91. The molecule has 108 valence electrons. The van der Waals surface area contributed by atoms with Crippen molar-refractivity contribution in [1.82, 2.24) is 10.2 Å². The van der Waals surface area contributed by atoms with E-state index in [2.05, 4.69) is 37.9 Å². The van der Waals surface area contributed by atoms with Crippen LogP contribution in [0.3, 0.4) is 0 Å². The normalized spacial score (nSPS) is 21.3. The van der Waals surface area contributed by atoms with Gasteiger partial charge in [0.25, 0.3) is 0 Å². The maximum absolute atomic E-state index is 3.62. The lowest BCUT2D eigenvalue weighted by molar-refractivity contribution is 0.182. The van der Waals surface area contributed by atoms with Gasteiger partial charge < -0.3 is 5.32 Å². The molecule has 1 rings (SSSR count). The van der Waals surface area contributed by atoms with Gasteiger partial charge in [-0.15, -0.1) is 0 Å². The maximum atomic E-state index is 3.62. The fourth-order valence-corrected chi connectivity index (χ4v) is 3.30. The van der Waals surface area contributed by atoms with Crippen molar-refractivity contribution in [3.05, 3.63) is 0 Å². The zero-order valence-electron chi connectivity index (χ0n) is 13.1. The first kappa shape index (κ1) is 16.0. The van der Waals surface area contributed by atoms with E-state index in [-0.39, 0.29) is 0 Å². The summed E-state index contributed by atoms with van der Waals surface area (Å²) < 4.78 is 0. The molecule has 1 atom stereocenters. The molecule has 0 aromatic carbocycles. The van der Waals surface area contributed by atoms with Crippen molar-refractivity contribution >= 4 is 0 Å². The van der Waals surface area contributed by atoms with Crippen LogP contribution < -0.4 is 5.32 Å². The van der Waals surface area contributed by atoms with Crippen LogP contribution in [0.2, 0.25) is 0 Å². The van der Waals surface area contributed by atoms with Crippen LogP contribution in [0.5, 0.6) is 0 Å². The van der Waals surface area contributed by atoms with Crippen LogP contribution in [0.25, 0.3) is 0 Å². The van der Waals surface area contributed by atoms with Gasteiger partial charge in [0, 0.05) is 19.1 Å². The van der Waals surface area contributed by atoms with Crippen LogP contribution in [0.1, 0.15) is 66.2 Å². The lowest BCUT2D eigenvalue weighted by atomic mass is 9.82. The Labute approximate surface area is 115 Å². The molecule has 0 aromatic heterocycles. The predicted molar refractivity (Wildman–Crippen MR) is 81.1 cm³/mol. The first-order chi connectivity index (χ1) is 8.71. The predicted octanol–water partition coefficient (Wildman–Crippen LogP) is 3.67. The van der Waals surface area contributed by atoms with E-state index in [1.807, 2.05) is 0 Å². The summed E-state index contributed by atoms with van der Waals surface area (Å²) in [5.74, 6) is 0. The Bertz CT molecular complexity index is 211. The second-order valence-electron chi connectivity index (χ2n) is 6.07. The fraction of sp³-hybridized carbons (Fsp3) is 1.00. The summed E-state index contributed by atoms with van der Waals surface area (Å²) in [5.41, 5.74) is 0.622. The maximum Gasteiger partial charge on any atom is 0.0220 e. The molecule has 0 spiro atoms. The van der Waals surface area contributed by atoms with Gasteiger partial charge in [-0.1, -0.05) is 34.1 Å². The summed E-state index contributed by atoms with van der Waals surface area (Å²) in [7, 11) is 0. The SMILES string of the molecule is CCCNCC(CCC)N1CCC(CC)(CC)C1. The molecular formula is C16H34N2. The third-order valence-electron chi connectivity index (χ3n) is 4.91. The molecule has 1 N–H and O–H groups in total. The van der Waals surface area contributed by atoms with Crippen LogP contribution in [0.15, 0.2) is 0 Å². The Kier molecular flexibility index (Phi) is 7.25. The molecule has 0 saturated carbocycles. The molecule has 1 heterocycles. The second kappa shape index (κ2) is 8.16. The van der Waals surface area contributed by atoms with Crippen LogP contribution in [0.4, 0.5) is 0 Å². The van der Waals surface area contributed by atoms with E-state index >= 15 is 0 Å². The Morgan fingerprint density at radius 1 is 1.11 bits per heavy atom. The topological polar surface area (TPSA) is 15.3 Å². The quantitative estimate of drug-likeness (QED) is 0.632. The molecule has 1 aliphatic rings. The molecule has 1 fully saturated rings. The molecule has 1 unspecified atom stereocenters. The van der Waals surface area contributed by atoms with Gasteiger partial charge in [-0.2, -0.15) is 0 Å². The highest BCUT2D eigenvalue weighted by molar-refractivity contribution is 4.91. The van der Waals surface area contributed by atoms with E-state index in [0.29, 0.717) is 5.41 Å². The highest BCUT2D eigenvalue weighted by Gasteiger charge is 2.37. The van der Waals surface area contributed by atoms with Gasteiger partial charge in [-0.3, -0.25) is 4.90 Å². The second-order valence-corrected chi connectivity index (χ2v) is 6.07. The molecule has 0 aromatic rings. The van der Waals surface area contributed by atoms with Gasteiger partial charge in [0.05, 0.1) is 0 Å². The Morgan fingerprint density at radius 2 is 1.83 bits per heavy atom. The molecule has 0 radical (unpaired) electrons. The largest absolute Gasteiger partial charge is 0.315 e. The van der Waals surface area contributed by atoms with Gasteiger partial charge in [0.1, 0.15) is 0 Å². The van der Waals surface area contributed by atoms with E-state index in [1.54, 1.807) is 0 Å². The summed E-state index contributed by atoms with van der Waals surface area (Å²) in [4.78, 5) is 2.76. The van der Waals surface area contributed by atoms with E-state index in [4.69, 9.17) is 0 Å². The van der Waals surface area contributed by atoms with Gasteiger partial charge in [-0.25, -0.2) is 0 Å². The van der Waals surface area contributed by atoms with E-state index in [1.165, 1.54) is 64.7 Å². The van der Waals surface area contributed by atoms with Gasteiger partial charge in [-0.05, 0) is 50.6 Å². The van der Waals surface area contributed by atoms with E-state index < -0.39 is 0 Å². The average molecular weight is 254 g/mol. The summed E-state index contributed by atoms with van der Waals surface area (Å²) in [6.45, 7) is 14.3. The van der Waals surface area contributed by atoms with Crippen molar-refractivity contribution in [1.29, 1.82) is 0 Å². The van der Waals surface area contributed by atoms with Crippen molar-refractivity contribution in [2.75, 3.05) is 26.2 Å².